The minimum Gasteiger partial charge on any atom is -0.494 e. The Bertz CT molecular complexity index is 1870. The first-order chi connectivity index (χ1) is 20.1. The fourth-order valence-corrected chi connectivity index (χ4v) is 5.34. The van der Waals surface area contributed by atoms with Crippen LogP contribution in [0.5, 0.6) is 11.5 Å². The molecule has 0 saturated heterocycles. The summed E-state index contributed by atoms with van der Waals surface area (Å²) in [6, 6.07) is 25.4. The largest absolute Gasteiger partial charge is 0.494 e. The summed E-state index contributed by atoms with van der Waals surface area (Å²) >= 11 is 1.31. The zero-order chi connectivity index (χ0) is 28.2. The molecule has 0 aliphatic carbocycles. The van der Waals surface area contributed by atoms with Crippen LogP contribution in [0.15, 0.2) is 89.9 Å². The maximum Gasteiger partial charge on any atom is 0.291 e. The molecule has 3 heterocycles. The third-order valence-corrected chi connectivity index (χ3v) is 7.51. The lowest BCUT2D eigenvalue weighted by Crippen LogP contribution is -2.23. The van der Waals surface area contributed by atoms with Crippen LogP contribution in [0.4, 0.5) is 0 Å². The first kappa shape index (κ1) is 26.5. The van der Waals surface area contributed by atoms with Gasteiger partial charge in [-0.1, -0.05) is 42.9 Å². The standard InChI is InChI=1S/C32H29N5O3S/c1-3-5-19-40-27-15-11-22(12-16-27)29-24(21-36(34-29)25-9-7-6-8-10-25)20-28-31(38)37-32(41-28)33-30(35-37)23-13-17-26(18-14-23)39-4-2/h6-18,20-21H,3-5,19H2,1-2H3/b28-20+. The molecule has 0 atom stereocenters. The summed E-state index contributed by atoms with van der Waals surface area (Å²) in [5, 5.41) is 9.40. The minimum atomic E-state index is -0.215. The monoisotopic (exact) mass is 563 g/mol. The van der Waals surface area contributed by atoms with Gasteiger partial charge in [0.25, 0.3) is 5.56 Å². The highest BCUT2D eigenvalue weighted by Gasteiger charge is 2.15. The van der Waals surface area contributed by atoms with Crippen molar-refractivity contribution in [3.63, 3.8) is 0 Å². The fraction of sp³-hybridized carbons (Fsp3) is 0.188. The van der Waals surface area contributed by atoms with E-state index in [1.165, 1.54) is 15.9 Å². The maximum absolute atomic E-state index is 13.4. The second-order valence-corrected chi connectivity index (χ2v) is 10.5. The highest BCUT2D eigenvalue weighted by Crippen LogP contribution is 2.27. The summed E-state index contributed by atoms with van der Waals surface area (Å²) in [5.74, 6) is 2.11. The van der Waals surface area contributed by atoms with E-state index in [0.717, 1.165) is 52.4 Å². The molecule has 0 bridgehead atoms. The van der Waals surface area contributed by atoms with Gasteiger partial charge in [-0.2, -0.15) is 14.6 Å². The molecule has 0 aliphatic heterocycles. The molecule has 0 fully saturated rings. The average molecular weight is 564 g/mol. The third-order valence-electron chi connectivity index (χ3n) is 6.55. The molecular weight excluding hydrogens is 534 g/mol. The number of hydrogen-bond donors (Lipinski definition) is 0. The zero-order valence-electron chi connectivity index (χ0n) is 22.9. The van der Waals surface area contributed by atoms with E-state index in [0.29, 0.717) is 28.5 Å². The number of thiazole rings is 1. The summed E-state index contributed by atoms with van der Waals surface area (Å²) in [6.45, 7) is 5.38. The van der Waals surface area contributed by atoms with Gasteiger partial charge >= 0.3 is 0 Å². The number of hydrogen-bond acceptors (Lipinski definition) is 7. The van der Waals surface area contributed by atoms with Crippen molar-refractivity contribution in [1.29, 1.82) is 0 Å². The molecule has 0 N–H and O–H groups in total. The first-order valence-corrected chi connectivity index (χ1v) is 14.5. The minimum absolute atomic E-state index is 0.215. The molecule has 0 spiro atoms. The van der Waals surface area contributed by atoms with E-state index in [9.17, 15) is 4.79 Å². The number of rotatable bonds is 10. The summed E-state index contributed by atoms with van der Waals surface area (Å²) in [5.41, 5.74) is 4.05. The Morgan fingerprint density at radius 3 is 2.24 bits per heavy atom. The van der Waals surface area contributed by atoms with E-state index in [1.807, 2.05) is 103 Å². The van der Waals surface area contributed by atoms with Crippen molar-refractivity contribution in [3.05, 3.63) is 106 Å². The van der Waals surface area contributed by atoms with Crippen molar-refractivity contribution in [2.45, 2.75) is 26.7 Å². The second kappa shape index (κ2) is 11.8. The molecule has 3 aromatic heterocycles. The lowest BCUT2D eigenvalue weighted by atomic mass is 10.1. The second-order valence-electron chi connectivity index (χ2n) is 9.44. The molecule has 0 radical (unpaired) electrons. The van der Waals surface area contributed by atoms with Crippen LogP contribution < -0.4 is 19.6 Å². The molecular formula is C32H29N5O3S. The molecule has 9 heteroatoms. The molecule has 3 aromatic carbocycles. The zero-order valence-corrected chi connectivity index (χ0v) is 23.7. The number of aromatic nitrogens is 5. The number of benzene rings is 3. The SMILES string of the molecule is CCCCOc1ccc(-c2nn(-c3ccccc3)cc2/C=c2/sc3nc(-c4ccc(OCC)cc4)nn3c2=O)cc1. The molecule has 0 amide bonds. The van der Waals surface area contributed by atoms with Gasteiger partial charge in [0.15, 0.2) is 5.82 Å². The predicted molar refractivity (Wildman–Crippen MR) is 162 cm³/mol. The topological polar surface area (TPSA) is 83.5 Å². The van der Waals surface area contributed by atoms with Gasteiger partial charge in [0.05, 0.1) is 23.4 Å². The first-order valence-electron chi connectivity index (χ1n) is 13.7. The molecule has 6 rings (SSSR count). The van der Waals surface area contributed by atoms with Crippen molar-refractivity contribution < 1.29 is 9.47 Å². The fourth-order valence-electron chi connectivity index (χ4n) is 4.44. The van der Waals surface area contributed by atoms with E-state index in [2.05, 4.69) is 17.0 Å². The Labute approximate surface area is 241 Å². The molecule has 6 aromatic rings. The molecule has 0 saturated carbocycles. The molecule has 8 nitrogen and oxygen atoms in total. The summed E-state index contributed by atoms with van der Waals surface area (Å²) in [6.07, 6.45) is 5.91. The Hall–Kier alpha value is -4.76. The van der Waals surface area contributed by atoms with Crippen LogP contribution in [0.25, 0.3) is 39.4 Å². The van der Waals surface area contributed by atoms with Crippen LogP contribution in [-0.4, -0.2) is 37.6 Å². The van der Waals surface area contributed by atoms with E-state index in [4.69, 9.17) is 14.6 Å². The summed E-state index contributed by atoms with van der Waals surface area (Å²) < 4.78 is 15.1. The van der Waals surface area contributed by atoms with Crippen LogP contribution in [0, 0.1) is 0 Å². The van der Waals surface area contributed by atoms with Crippen LogP contribution in [0.2, 0.25) is 0 Å². The van der Waals surface area contributed by atoms with Gasteiger partial charge in [-0.15, -0.1) is 5.10 Å². The van der Waals surface area contributed by atoms with Gasteiger partial charge in [-0.05, 0) is 80.1 Å². The van der Waals surface area contributed by atoms with Crippen molar-refractivity contribution in [1.82, 2.24) is 24.4 Å². The number of fused-ring (bicyclic) bond motifs is 1. The highest BCUT2D eigenvalue weighted by molar-refractivity contribution is 7.15. The smallest absolute Gasteiger partial charge is 0.291 e. The van der Waals surface area contributed by atoms with Gasteiger partial charge < -0.3 is 9.47 Å². The Morgan fingerprint density at radius 1 is 0.854 bits per heavy atom. The molecule has 0 aliphatic rings. The lowest BCUT2D eigenvalue weighted by Gasteiger charge is -2.06. The van der Waals surface area contributed by atoms with E-state index >= 15 is 0 Å². The van der Waals surface area contributed by atoms with Crippen LogP contribution in [-0.2, 0) is 0 Å². The molecule has 0 unspecified atom stereocenters. The van der Waals surface area contributed by atoms with Gasteiger partial charge in [-0.25, -0.2) is 4.68 Å². The highest BCUT2D eigenvalue weighted by atomic mass is 32.1. The number of para-hydroxylation sites is 1. The Kier molecular flexibility index (Phi) is 7.60. The maximum atomic E-state index is 13.4. The quantitative estimate of drug-likeness (QED) is 0.196. The van der Waals surface area contributed by atoms with Crippen LogP contribution in [0.1, 0.15) is 32.3 Å². The van der Waals surface area contributed by atoms with Gasteiger partial charge in [0, 0.05) is 22.9 Å². The predicted octanol–water partition coefficient (Wildman–Crippen LogP) is 5.80. The van der Waals surface area contributed by atoms with E-state index < -0.39 is 0 Å². The Morgan fingerprint density at radius 2 is 1.56 bits per heavy atom. The van der Waals surface area contributed by atoms with Crippen molar-refractivity contribution >= 4 is 22.4 Å². The van der Waals surface area contributed by atoms with Crippen LogP contribution >= 0.6 is 11.3 Å². The number of nitrogens with zero attached hydrogens (tertiary/aromatic N) is 5. The van der Waals surface area contributed by atoms with Crippen LogP contribution in [0.3, 0.4) is 0 Å². The third kappa shape index (κ3) is 5.62. The van der Waals surface area contributed by atoms with Gasteiger partial charge in [0.1, 0.15) is 17.2 Å². The van der Waals surface area contributed by atoms with Gasteiger partial charge in [0.2, 0.25) is 4.96 Å². The molecule has 206 valence electrons. The normalized spacial score (nSPS) is 11.8. The molecule has 41 heavy (non-hydrogen) atoms. The Balaban J connectivity index is 1.37. The van der Waals surface area contributed by atoms with E-state index in [1.54, 1.807) is 0 Å². The van der Waals surface area contributed by atoms with Crippen molar-refractivity contribution in [2.24, 2.45) is 0 Å². The average Bonchev–Trinajstić information content (AvgIpc) is 3.70. The van der Waals surface area contributed by atoms with Crippen molar-refractivity contribution in [2.75, 3.05) is 13.2 Å². The lowest BCUT2D eigenvalue weighted by molar-refractivity contribution is 0.309. The summed E-state index contributed by atoms with van der Waals surface area (Å²) in [7, 11) is 0. The van der Waals surface area contributed by atoms with E-state index in [-0.39, 0.29) is 5.56 Å². The van der Waals surface area contributed by atoms with Gasteiger partial charge in [-0.3, -0.25) is 4.79 Å². The summed E-state index contributed by atoms with van der Waals surface area (Å²) in [4.78, 5) is 18.6. The number of unbranched alkanes of at least 4 members (excludes halogenated alkanes) is 1. The number of ether oxygens (including phenoxy) is 2. The van der Waals surface area contributed by atoms with Crippen molar-refractivity contribution in [3.8, 4) is 39.8 Å².